The number of ether oxygens (including phenoxy) is 1. The topological polar surface area (TPSA) is 86.5 Å². The number of esters is 1. The third-order valence-electron chi connectivity index (χ3n) is 2.51. The molecule has 5 nitrogen and oxygen atoms in total. The monoisotopic (exact) mass is 285 g/mol. The minimum absolute atomic E-state index is 0.0986. The van der Waals surface area contributed by atoms with E-state index in [4.69, 9.17) is 9.88 Å². The maximum Gasteiger partial charge on any atom is 0.338 e. The van der Waals surface area contributed by atoms with Crippen molar-refractivity contribution in [3.63, 3.8) is 0 Å². The lowest BCUT2D eigenvalue weighted by Crippen LogP contribution is -2.18. The van der Waals surface area contributed by atoms with Gasteiger partial charge in [-0.15, -0.1) is 0 Å². The van der Waals surface area contributed by atoms with Crippen LogP contribution in [0.4, 0.5) is 0 Å². The van der Waals surface area contributed by atoms with Crippen molar-refractivity contribution in [3.05, 3.63) is 29.8 Å². The van der Waals surface area contributed by atoms with E-state index in [1.54, 1.807) is 6.92 Å². The Kier molecular flexibility index (Phi) is 5.08. The second kappa shape index (κ2) is 6.16. The van der Waals surface area contributed by atoms with Gasteiger partial charge in [-0.05, 0) is 37.5 Å². The lowest BCUT2D eigenvalue weighted by atomic mass is 10.1. The Labute approximate surface area is 113 Å². The van der Waals surface area contributed by atoms with Crippen LogP contribution in [0.2, 0.25) is 0 Å². The zero-order chi connectivity index (χ0) is 14.6. The number of primary sulfonamides is 1. The minimum Gasteiger partial charge on any atom is -0.459 e. The van der Waals surface area contributed by atoms with Crippen molar-refractivity contribution >= 4 is 16.0 Å². The highest BCUT2D eigenvalue weighted by atomic mass is 32.2. The average molecular weight is 285 g/mol. The molecule has 1 unspecified atom stereocenters. The fourth-order valence-electron chi connectivity index (χ4n) is 1.76. The zero-order valence-corrected chi connectivity index (χ0v) is 12.1. The molecule has 0 radical (unpaired) electrons. The van der Waals surface area contributed by atoms with Gasteiger partial charge in [-0.2, -0.15) is 0 Å². The first-order valence-corrected chi connectivity index (χ1v) is 7.58. The van der Waals surface area contributed by atoms with Crippen LogP contribution in [-0.4, -0.2) is 20.5 Å². The summed E-state index contributed by atoms with van der Waals surface area (Å²) >= 11 is 0. The molecule has 1 aromatic carbocycles. The minimum atomic E-state index is -3.81. The van der Waals surface area contributed by atoms with Crippen LogP contribution in [-0.2, 0) is 14.8 Å². The lowest BCUT2D eigenvalue weighted by Gasteiger charge is -2.15. The van der Waals surface area contributed by atoms with Gasteiger partial charge in [0.05, 0.1) is 16.6 Å². The summed E-state index contributed by atoms with van der Waals surface area (Å²) in [5.41, 5.74) is 0.183. The SMILES string of the molecule is CC(C)CC(C)OC(=O)c1cccc(S(N)(=O)=O)c1. The van der Waals surface area contributed by atoms with Crippen LogP contribution in [0.3, 0.4) is 0 Å². The lowest BCUT2D eigenvalue weighted by molar-refractivity contribution is 0.0299. The van der Waals surface area contributed by atoms with Crippen molar-refractivity contribution < 1.29 is 17.9 Å². The normalized spacial score (nSPS) is 13.3. The van der Waals surface area contributed by atoms with Gasteiger partial charge < -0.3 is 4.74 Å². The summed E-state index contributed by atoms with van der Waals surface area (Å²) in [5, 5.41) is 5.01. The number of carbonyl (C=O) groups excluding carboxylic acids is 1. The molecule has 0 fully saturated rings. The van der Waals surface area contributed by atoms with Gasteiger partial charge in [0.25, 0.3) is 0 Å². The summed E-state index contributed by atoms with van der Waals surface area (Å²) in [5.74, 6) is -0.128. The van der Waals surface area contributed by atoms with E-state index in [1.807, 2.05) is 13.8 Å². The summed E-state index contributed by atoms with van der Waals surface area (Å²) in [4.78, 5) is 11.8. The molecule has 0 spiro atoms. The molecule has 0 saturated carbocycles. The molecule has 0 amide bonds. The number of nitrogens with two attached hydrogens (primary N) is 1. The first-order chi connectivity index (χ1) is 8.70. The molecule has 2 N–H and O–H groups in total. The van der Waals surface area contributed by atoms with Crippen molar-refractivity contribution in [1.82, 2.24) is 0 Å². The van der Waals surface area contributed by atoms with Crippen LogP contribution in [0.25, 0.3) is 0 Å². The van der Waals surface area contributed by atoms with Crippen molar-refractivity contribution in [3.8, 4) is 0 Å². The van der Waals surface area contributed by atoms with E-state index < -0.39 is 16.0 Å². The Hall–Kier alpha value is -1.40. The number of hydrogen-bond donors (Lipinski definition) is 1. The van der Waals surface area contributed by atoms with E-state index in [2.05, 4.69) is 0 Å². The van der Waals surface area contributed by atoms with Crippen molar-refractivity contribution in [2.24, 2.45) is 11.1 Å². The highest BCUT2D eigenvalue weighted by Gasteiger charge is 2.16. The van der Waals surface area contributed by atoms with Crippen LogP contribution in [0.1, 0.15) is 37.6 Å². The highest BCUT2D eigenvalue weighted by molar-refractivity contribution is 7.89. The third-order valence-corrected chi connectivity index (χ3v) is 3.42. The van der Waals surface area contributed by atoms with Crippen molar-refractivity contribution in [1.29, 1.82) is 0 Å². The number of sulfonamides is 1. The molecule has 106 valence electrons. The standard InChI is InChI=1S/C13H19NO4S/c1-9(2)7-10(3)18-13(15)11-5-4-6-12(8-11)19(14,16)17/h4-6,8-10H,7H2,1-3H3,(H2,14,16,17). The molecule has 1 rings (SSSR count). The Bertz CT molecular complexity index is 552. The first-order valence-electron chi connectivity index (χ1n) is 6.04. The molecule has 1 atom stereocenters. The van der Waals surface area contributed by atoms with Gasteiger partial charge in [-0.25, -0.2) is 18.4 Å². The molecule has 19 heavy (non-hydrogen) atoms. The molecule has 0 aromatic heterocycles. The molecule has 1 aromatic rings. The largest absolute Gasteiger partial charge is 0.459 e. The van der Waals surface area contributed by atoms with E-state index >= 15 is 0 Å². The first kappa shape index (κ1) is 15.7. The molecule has 0 saturated heterocycles. The fourth-order valence-corrected chi connectivity index (χ4v) is 2.32. The number of benzene rings is 1. The highest BCUT2D eigenvalue weighted by Crippen LogP contribution is 2.14. The Morgan fingerprint density at radius 1 is 1.32 bits per heavy atom. The molecule has 0 heterocycles. The Morgan fingerprint density at radius 2 is 1.95 bits per heavy atom. The molecule has 0 aliphatic carbocycles. The summed E-state index contributed by atoms with van der Waals surface area (Å²) in [6.07, 6.45) is 0.534. The number of carbonyl (C=O) groups is 1. The maximum atomic E-state index is 11.9. The van der Waals surface area contributed by atoms with E-state index in [0.29, 0.717) is 5.92 Å². The zero-order valence-electron chi connectivity index (χ0n) is 11.3. The van der Waals surface area contributed by atoms with E-state index in [0.717, 1.165) is 6.42 Å². The maximum absolute atomic E-state index is 11.9. The summed E-state index contributed by atoms with van der Waals surface area (Å²) in [7, 11) is -3.81. The molecule has 6 heteroatoms. The molecule has 0 aliphatic heterocycles. The van der Waals surface area contributed by atoms with Gasteiger partial charge in [0.15, 0.2) is 0 Å². The molecular weight excluding hydrogens is 266 g/mol. The second-order valence-electron chi connectivity index (χ2n) is 4.92. The van der Waals surface area contributed by atoms with Gasteiger partial charge in [-0.1, -0.05) is 19.9 Å². The van der Waals surface area contributed by atoms with Gasteiger partial charge in [-0.3, -0.25) is 0 Å². The Morgan fingerprint density at radius 3 is 2.47 bits per heavy atom. The van der Waals surface area contributed by atoms with Gasteiger partial charge >= 0.3 is 5.97 Å². The van der Waals surface area contributed by atoms with Crippen LogP contribution >= 0.6 is 0 Å². The van der Waals surface area contributed by atoms with E-state index in [9.17, 15) is 13.2 Å². The number of hydrogen-bond acceptors (Lipinski definition) is 4. The van der Waals surface area contributed by atoms with Gasteiger partial charge in [0.2, 0.25) is 10.0 Å². The summed E-state index contributed by atoms with van der Waals surface area (Å²) < 4.78 is 27.6. The Balaban J connectivity index is 2.84. The van der Waals surface area contributed by atoms with E-state index in [-0.39, 0.29) is 16.6 Å². The quantitative estimate of drug-likeness (QED) is 0.837. The number of rotatable bonds is 5. The predicted octanol–water partition coefficient (Wildman–Crippen LogP) is 1.93. The van der Waals surface area contributed by atoms with Crippen molar-refractivity contribution in [2.45, 2.75) is 38.2 Å². The molecule has 0 bridgehead atoms. The summed E-state index contributed by atoms with van der Waals surface area (Å²) in [6.45, 7) is 5.87. The molecule has 0 aliphatic rings. The average Bonchev–Trinajstić information content (AvgIpc) is 2.26. The van der Waals surface area contributed by atoms with Crippen molar-refractivity contribution in [2.75, 3.05) is 0 Å². The predicted molar refractivity (Wildman–Crippen MR) is 72.1 cm³/mol. The third kappa shape index (κ3) is 5.00. The smallest absolute Gasteiger partial charge is 0.338 e. The van der Waals surface area contributed by atoms with Gasteiger partial charge in [0.1, 0.15) is 0 Å². The fraction of sp³-hybridized carbons (Fsp3) is 0.462. The van der Waals surface area contributed by atoms with Crippen LogP contribution < -0.4 is 5.14 Å². The van der Waals surface area contributed by atoms with Crippen LogP contribution in [0.15, 0.2) is 29.2 Å². The second-order valence-corrected chi connectivity index (χ2v) is 6.48. The van der Waals surface area contributed by atoms with Gasteiger partial charge in [0, 0.05) is 0 Å². The van der Waals surface area contributed by atoms with E-state index in [1.165, 1.54) is 24.3 Å². The van der Waals surface area contributed by atoms with Crippen LogP contribution in [0.5, 0.6) is 0 Å². The van der Waals surface area contributed by atoms with Crippen LogP contribution in [0, 0.1) is 5.92 Å². The summed E-state index contributed by atoms with van der Waals surface area (Å²) in [6, 6.07) is 5.52. The molecular formula is C13H19NO4S.